The first-order chi connectivity index (χ1) is 12.1. The van der Waals surface area contributed by atoms with Crippen LogP contribution in [0.15, 0.2) is 24.7 Å². The van der Waals surface area contributed by atoms with Crippen molar-refractivity contribution in [1.29, 1.82) is 0 Å². The molecule has 0 spiro atoms. The maximum absolute atomic E-state index is 11.5. The fraction of sp³-hybridized carbons (Fsp3) is 0.375. The lowest BCUT2D eigenvalue weighted by Crippen LogP contribution is -2.44. The standard InChI is InChI=1S/C16H18N6O3/c1-10-8-25-6-5-21(10)13-7-12(11-3-4-18-20(11)2)22-9-17-14(16(23)24)15(22)19-13/h3-4,7,9-10H,5-6,8H2,1-2H3,(H,23,24)/t10-/m1/s1. The monoisotopic (exact) mass is 342 g/mol. The van der Waals surface area contributed by atoms with Gasteiger partial charge in [0.2, 0.25) is 0 Å². The predicted molar refractivity (Wildman–Crippen MR) is 89.8 cm³/mol. The van der Waals surface area contributed by atoms with Gasteiger partial charge >= 0.3 is 5.97 Å². The fourth-order valence-electron chi connectivity index (χ4n) is 3.15. The zero-order valence-electron chi connectivity index (χ0n) is 14.0. The highest BCUT2D eigenvalue weighted by Crippen LogP contribution is 2.27. The smallest absolute Gasteiger partial charge is 0.358 e. The first-order valence-electron chi connectivity index (χ1n) is 8.00. The number of imidazole rings is 1. The van der Waals surface area contributed by atoms with Gasteiger partial charge in [-0.05, 0) is 13.0 Å². The number of aryl methyl sites for hydroxylation is 1. The third kappa shape index (κ3) is 2.52. The molecule has 0 radical (unpaired) electrons. The maximum Gasteiger partial charge on any atom is 0.358 e. The molecular weight excluding hydrogens is 324 g/mol. The van der Waals surface area contributed by atoms with Crippen LogP contribution in [-0.4, -0.2) is 61.0 Å². The zero-order chi connectivity index (χ0) is 17.6. The van der Waals surface area contributed by atoms with Crippen molar-refractivity contribution in [2.75, 3.05) is 24.7 Å². The summed E-state index contributed by atoms with van der Waals surface area (Å²) in [7, 11) is 1.84. The van der Waals surface area contributed by atoms with Crippen LogP contribution in [0.2, 0.25) is 0 Å². The highest BCUT2D eigenvalue weighted by atomic mass is 16.5. The molecule has 1 aliphatic rings. The largest absolute Gasteiger partial charge is 0.476 e. The quantitative estimate of drug-likeness (QED) is 0.760. The van der Waals surface area contributed by atoms with E-state index in [0.29, 0.717) is 31.2 Å². The van der Waals surface area contributed by atoms with Gasteiger partial charge in [0.15, 0.2) is 11.3 Å². The molecule has 0 aliphatic carbocycles. The molecule has 1 N–H and O–H groups in total. The van der Waals surface area contributed by atoms with Crippen LogP contribution in [0, 0.1) is 0 Å². The summed E-state index contributed by atoms with van der Waals surface area (Å²) in [4.78, 5) is 22.3. The number of rotatable bonds is 3. The van der Waals surface area contributed by atoms with Crippen molar-refractivity contribution in [3.05, 3.63) is 30.4 Å². The summed E-state index contributed by atoms with van der Waals surface area (Å²) in [6.07, 6.45) is 3.19. The summed E-state index contributed by atoms with van der Waals surface area (Å²) in [5.41, 5.74) is 1.90. The number of nitrogens with zero attached hydrogens (tertiary/aromatic N) is 6. The van der Waals surface area contributed by atoms with Gasteiger partial charge in [-0.1, -0.05) is 0 Å². The number of hydrogen-bond donors (Lipinski definition) is 1. The average molecular weight is 342 g/mol. The highest BCUT2D eigenvalue weighted by molar-refractivity contribution is 5.93. The van der Waals surface area contributed by atoms with Gasteiger partial charge in [-0.3, -0.25) is 9.08 Å². The first kappa shape index (κ1) is 15.6. The SMILES string of the molecule is C[C@@H]1COCCN1c1cc(-c2ccnn2C)n2cnc(C(=O)O)c2n1. The molecule has 130 valence electrons. The van der Waals surface area contributed by atoms with E-state index in [9.17, 15) is 9.90 Å². The van der Waals surface area contributed by atoms with E-state index in [2.05, 4.69) is 26.9 Å². The number of morpholine rings is 1. The molecule has 25 heavy (non-hydrogen) atoms. The van der Waals surface area contributed by atoms with Crippen LogP contribution in [-0.2, 0) is 11.8 Å². The molecule has 1 aliphatic heterocycles. The Hall–Kier alpha value is -2.94. The van der Waals surface area contributed by atoms with Crippen molar-refractivity contribution < 1.29 is 14.6 Å². The second-order valence-corrected chi connectivity index (χ2v) is 6.05. The zero-order valence-corrected chi connectivity index (χ0v) is 14.0. The van der Waals surface area contributed by atoms with Crippen LogP contribution < -0.4 is 4.90 Å². The summed E-state index contributed by atoms with van der Waals surface area (Å²) >= 11 is 0. The Morgan fingerprint density at radius 3 is 2.92 bits per heavy atom. The Morgan fingerprint density at radius 1 is 1.40 bits per heavy atom. The number of carboxylic acids is 1. The second-order valence-electron chi connectivity index (χ2n) is 6.05. The van der Waals surface area contributed by atoms with Gasteiger partial charge < -0.3 is 14.7 Å². The van der Waals surface area contributed by atoms with Crippen molar-refractivity contribution in [2.45, 2.75) is 13.0 Å². The van der Waals surface area contributed by atoms with E-state index < -0.39 is 5.97 Å². The number of carboxylic acid groups (broad SMARTS) is 1. The average Bonchev–Trinajstić information content (AvgIpc) is 3.20. The number of ether oxygens (including phenoxy) is 1. The van der Waals surface area contributed by atoms with Gasteiger partial charge in [0, 0.05) is 25.9 Å². The summed E-state index contributed by atoms with van der Waals surface area (Å²) in [5.74, 6) is -0.388. The van der Waals surface area contributed by atoms with E-state index in [-0.39, 0.29) is 11.7 Å². The topological polar surface area (TPSA) is 97.8 Å². The van der Waals surface area contributed by atoms with Crippen LogP contribution in [0.3, 0.4) is 0 Å². The lowest BCUT2D eigenvalue weighted by molar-refractivity contribution is 0.0693. The molecule has 9 nitrogen and oxygen atoms in total. The normalized spacial score (nSPS) is 18.0. The van der Waals surface area contributed by atoms with E-state index in [1.807, 2.05) is 19.2 Å². The minimum absolute atomic E-state index is 0.0637. The molecule has 0 amide bonds. The minimum Gasteiger partial charge on any atom is -0.476 e. The Morgan fingerprint density at radius 2 is 2.24 bits per heavy atom. The number of aromatic carboxylic acids is 1. The molecule has 0 aromatic carbocycles. The Labute approximate surface area is 143 Å². The van der Waals surface area contributed by atoms with Gasteiger partial charge in [-0.25, -0.2) is 14.8 Å². The predicted octanol–water partition coefficient (Wildman–Crippen LogP) is 1.05. The van der Waals surface area contributed by atoms with Gasteiger partial charge in [-0.2, -0.15) is 5.10 Å². The van der Waals surface area contributed by atoms with Gasteiger partial charge in [0.1, 0.15) is 12.1 Å². The Balaban J connectivity index is 1.96. The summed E-state index contributed by atoms with van der Waals surface area (Å²) < 4.78 is 8.92. The molecule has 4 rings (SSSR count). The number of anilines is 1. The highest BCUT2D eigenvalue weighted by Gasteiger charge is 2.24. The third-order valence-corrected chi connectivity index (χ3v) is 4.44. The number of carbonyl (C=O) groups is 1. The van der Waals surface area contributed by atoms with Gasteiger partial charge in [0.05, 0.1) is 30.6 Å². The first-order valence-corrected chi connectivity index (χ1v) is 8.00. The van der Waals surface area contributed by atoms with Crippen molar-refractivity contribution in [3.63, 3.8) is 0 Å². The molecule has 1 atom stereocenters. The van der Waals surface area contributed by atoms with E-state index in [0.717, 1.165) is 11.4 Å². The molecule has 3 aromatic rings. The van der Waals surface area contributed by atoms with Crippen molar-refractivity contribution in [3.8, 4) is 11.4 Å². The lowest BCUT2D eigenvalue weighted by atomic mass is 10.2. The molecule has 1 saturated heterocycles. The summed E-state index contributed by atoms with van der Waals surface area (Å²) in [6, 6.07) is 3.97. The van der Waals surface area contributed by atoms with E-state index in [1.165, 1.54) is 6.33 Å². The molecule has 3 aromatic heterocycles. The van der Waals surface area contributed by atoms with E-state index in [1.54, 1.807) is 15.3 Å². The Bertz CT molecular complexity index is 947. The summed E-state index contributed by atoms with van der Waals surface area (Å²) in [5, 5.41) is 13.6. The molecular formula is C16H18N6O3. The van der Waals surface area contributed by atoms with E-state index in [4.69, 9.17) is 4.74 Å². The van der Waals surface area contributed by atoms with Crippen LogP contribution >= 0.6 is 0 Å². The van der Waals surface area contributed by atoms with Crippen molar-refractivity contribution in [1.82, 2.24) is 24.1 Å². The van der Waals surface area contributed by atoms with Crippen LogP contribution in [0.25, 0.3) is 17.0 Å². The Kier molecular flexibility index (Phi) is 3.65. The van der Waals surface area contributed by atoms with Crippen molar-refractivity contribution in [2.24, 2.45) is 7.05 Å². The molecule has 4 heterocycles. The number of hydrogen-bond acceptors (Lipinski definition) is 6. The van der Waals surface area contributed by atoms with Crippen LogP contribution in [0.5, 0.6) is 0 Å². The van der Waals surface area contributed by atoms with Crippen molar-refractivity contribution >= 4 is 17.4 Å². The van der Waals surface area contributed by atoms with Gasteiger partial charge in [-0.15, -0.1) is 0 Å². The van der Waals surface area contributed by atoms with Crippen LogP contribution in [0.4, 0.5) is 5.82 Å². The number of aromatic nitrogens is 5. The van der Waals surface area contributed by atoms with Crippen LogP contribution in [0.1, 0.15) is 17.4 Å². The second kappa shape index (κ2) is 5.85. The summed E-state index contributed by atoms with van der Waals surface area (Å²) in [6.45, 7) is 3.98. The van der Waals surface area contributed by atoms with E-state index >= 15 is 0 Å². The van der Waals surface area contributed by atoms with Gasteiger partial charge in [0.25, 0.3) is 0 Å². The number of fused-ring (bicyclic) bond motifs is 1. The maximum atomic E-state index is 11.5. The molecule has 0 unspecified atom stereocenters. The minimum atomic E-state index is -1.10. The fourth-order valence-corrected chi connectivity index (χ4v) is 3.15. The molecule has 9 heteroatoms. The lowest BCUT2D eigenvalue weighted by Gasteiger charge is -2.34. The molecule has 0 saturated carbocycles. The third-order valence-electron chi connectivity index (χ3n) is 4.44. The molecule has 0 bridgehead atoms. The molecule has 1 fully saturated rings.